The van der Waals surface area contributed by atoms with Crippen LogP contribution in [0.5, 0.6) is 0 Å². The highest BCUT2D eigenvalue weighted by Crippen LogP contribution is 2.14. The SMILES string of the molecule is C.CCC1CCCCO1. The van der Waals surface area contributed by atoms with Gasteiger partial charge in [-0.1, -0.05) is 14.4 Å². The van der Waals surface area contributed by atoms with Gasteiger partial charge in [-0.2, -0.15) is 0 Å². The third-order valence-electron chi connectivity index (χ3n) is 1.73. The normalized spacial score (nSPS) is 27.0. The molecule has 1 heterocycles. The Morgan fingerprint density at radius 1 is 1.44 bits per heavy atom. The zero-order valence-corrected chi connectivity index (χ0v) is 5.52. The molecule has 1 unspecified atom stereocenters. The molecule has 0 radical (unpaired) electrons. The summed E-state index contributed by atoms with van der Waals surface area (Å²) in [7, 11) is 0. The molecule has 0 aromatic rings. The van der Waals surface area contributed by atoms with Crippen LogP contribution in [0.15, 0.2) is 0 Å². The molecule has 0 aromatic heterocycles. The maximum atomic E-state index is 5.43. The average molecular weight is 130 g/mol. The van der Waals surface area contributed by atoms with Crippen molar-refractivity contribution in [3.63, 3.8) is 0 Å². The summed E-state index contributed by atoms with van der Waals surface area (Å²) >= 11 is 0. The first-order valence-corrected chi connectivity index (χ1v) is 3.55. The Labute approximate surface area is 58.4 Å². The molecular formula is C8H18O. The van der Waals surface area contributed by atoms with E-state index in [1.807, 2.05) is 0 Å². The quantitative estimate of drug-likeness (QED) is 0.530. The fourth-order valence-electron chi connectivity index (χ4n) is 1.13. The maximum absolute atomic E-state index is 5.43. The van der Waals surface area contributed by atoms with Gasteiger partial charge in [-0.15, -0.1) is 0 Å². The smallest absolute Gasteiger partial charge is 0.0572 e. The highest BCUT2D eigenvalue weighted by molar-refractivity contribution is 4.60. The predicted molar refractivity (Wildman–Crippen MR) is 40.6 cm³/mol. The summed E-state index contributed by atoms with van der Waals surface area (Å²) in [5, 5.41) is 0. The Bertz CT molecular complexity index is 55.6. The Morgan fingerprint density at radius 2 is 2.22 bits per heavy atom. The van der Waals surface area contributed by atoms with E-state index in [9.17, 15) is 0 Å². The van der Waals surface area contributed by atoms with Crippen LogP contribution in [0.2, 0.25) is 0 Å². The first-order valence-electron chi connectivity index (χ1n) is 3.55. The number of rotatable bonds is 1. The fourth-order valence-corrected chi connectivity index (χ4v) is 1.13. The van der Waals surface area contributed by atoms with Crippen molar-refractivity contribution in [3.8, 4) is 0 Å². The summed E-state index contributed by atoms with van der Waals surface area (Å²) in [6.07, 6.45) is 5.72. The largest absolute Gasteiger partial charge is 0.378 e. The molecule has 1 aliphatic rings. The Balaban J connectivity index is 0.000000640. The van der Waals surface area contributed by atoms with Crippen molar-refractivity contribution in [2.75, 3.05) is 6.61 Å². The van der Waals surface area contributed by atoms with Crippen molar-refractivity contribution in [2.24, 2.45) is 0 Å². The van der Waals surface area contributed by atoms with E-state index in [1.54, 1.807) is 0 Å². The second-order valence-corrected chi connectivity index (χ2v) is 2.40. The molecule has 1 rings (SSSR count). The molecule has 1 fully saturated rings. The van der Waals surface area contributed by atoms with Gasteiger partial charge in [0, 0.05) is 6.61 Å². The molecule has 9 heavy (non-hydrogen) atoms. The lowest BCUT2D eigenvalue weighted by molar-refractivity contribution is 0.0143. The first-order chi connectivity index (χ1) is 3.93. The monoisotopic (exact) mass is 130 g/mol. The molecule has 0 aliphatic carbocycles. The van der Waals surface area contributed by atoms with E-state index in [-0.39, 0.29) is 7.43 Å². The first kappa shape index (κ1) is 8.96. The zero-order valence-electron chi connectivity index (χ0n) is 5.52. The van der Waals surface area contributed by atoms with Crippen LogP contribution in [0.25, 0.3) is 0 Å². The lowest BCUT2D eigenvalue weighted by atomic mass is 10.1. The third kappa shape index (κ3) is 2.85. The topological polar surface area (TPSA) is 9.23 Å². The Morgan fingerprint density at radius 3 is 2.56 bits per heavy atom. The standard InChI is InChI=1S/C7H14O.CH4/c1-2-7-5-3-4-6-8-7;/h7H,2-6H2,1H3;1H4. The fraction of sp³-hybridized carbons (Fsp3) is 1.00. The van der Waals surface area contributed by atoms with Gasteiger partial charge >= 0.3 is 0 Å². The summed E-state index contributed by atoms with van der Waals surface area (Å²) in [5.74, 6) is 0. The Hall–Kier alpha value is -0.0400. The minimum Gasteiger partial charge on any atom is -0.378 e. The van der Waals surface area contributed by atoms with Gasteiger partial charge in [0.05, 0.1) is 6.10 Å². The van der Waals surface area contributed by atoms with Gasteiger partial charge in [0.25, 0.3) is 0 Å². The van der Waals surface area contributed by atoms with Crippen molar-refractivity contribution in [2.45, 2.75) is 46.1 Å². The Kier molecular flexibility index (Phi) is 4.78. The van der Waals surface area contributed by atoms with E-state index in [4.69, 9.17) is 4.74 Å². The highest BCUT2D eigenvalue weighted by atomic mass is 16.5. The van der Waals surface area contributed by atoms with E-state index in [2.05, 4.69) is 6.92 Å². The molecule has 1 atom stereocenters. The molecule has 0 bridgehead atoms. The van der Waals surface area contributed by atoms with E-state index in [0.717, 1.165) is 6.61 Å². The summed E-state index contributed by atoms with van der Waals surface area (Å²) in [6.45, 7) is 3.19. The van der Waals surface area contributed by atoms with Gasteiger partial charge in [-0.25, -0.2) is 0 Å². The van der Waals surface area contributed by atoms with Crippen LogP contribution in [0.1, 0.15) is 40.0 Å². The van der Waals surface area contributed by atoms with Crippen LogP contribution < -0.4 is 0 Å². The number of hydrogen-bond acceptors (Lipinski definition) is 1. The third-order valence-corrected chi connectivity index (χ3v) is 1.73. The molecular weight excluding hydrogens is 112 g/mol. The summed E-state index contributed by atoms with van der Waals surface area (Å²) in [6, 6.07) is 0. The van der Waals surface area contributed by atoms with Crippen molar-refractivity contribution < 1.29 is 4.74 Å². The minimum absolute atomic E-state index is 0. The maximum Gasteiger partial charge on any atom is 0.0572 e. The molecule has 0 aromatic carbocycles. The van der Waals surface area contributed by atoms with Gasteiger partial charge in [0.2, 0.25) is 0 Å². The van der Waals surface area contributed by atoms with Crippen LogP contribution in [0.3, 0.4) is 0 Å². The second-order valence-electron chi connectivity index (χ2n) is 2.40. The van der Waals surface area contributed by atoms with Crippen molar-refractivity contribution in [1.82, 2.24) is 0 Å². The van der Waals surface area contributed by atoms with Crippen LogP contribution in [0.4, 0.5) is 0 Å². The molecule has 0 saturated carbocycles. The highest BCUT2D eigenvalue weighted by Gasteiger charge is 2.09. The molecule has 1 nitrogen and oxygen atoms in total. The van der Waals surface area contributed by atoms with Gasteiger partial charge in [-0.3, -0.25) is 0 Å². The molecule has 0 N–H and O–H groups in total. The average Bonchev–Trinajstić information content (AvgIpc) is 1.90. The molecule has 1 saturated heterocycles. The molecule has 1 heteroatoms. The van der Waals surface area contributed by atoms with Crippen LogP contribution in [-0.2, 0) is 4.74 Å². The van der Waals surface area contributed by atoms with Crippen LogP contribution >= 0.6 is 0 Å². The van der Waals surface area contributed by atoms with Crippen molar-refractivity contribution >= 4 is 0 Å². The lowest BCUT2D eigenvalue weighted by Crippen LogP contribution is -2.17. The van der Waals surface area contributed by atoms with Crippen LogP contribution in [0, 0.1) is 0 Å². The van der Waals surface area contributed by atoms with E-state index >= 15 is 0 Å². The van der Waals surface area contributed by atoms with Crippen LogP contribution in [-0.4, -0.2) is 12.7 Å². The zero-order chi connectivity index (χ0) is 5.82. The molecule has 56 valence electrons. The predicted octanol–water partition coefficient (Wildman–Crippen LogP) is 2.60. The van der Waals surface area contributed by atoms with E-state index < -0.39 is 0 Å². The summed E-state index contributed by atoms with van der Waals surface area (Å²) in [4.78, 5) is 0. The number of ether oxygens (including phenoxy) is 1. The second kappa shape index (κ2) is 4.80. The van der Waals surface area contributed by atoms with Gasteiger partial charge in [0.15, 0.2) is 0 Å². The summed E-state index contributed by atoms with van der Waals surface area (Å²) in [5.41, 5.74) is 0. The van der Waals surface area contributed by atoms with Gasteiger partial charge in [-0.05, 0) is 25.7 Å². The molecule has 1 aliphatic heterocycles. The molecule has 0 amide bonds. The molecule has 0 spiro atoms. The summed E-state index contributed by atoms with van der Waals surface area (Å²) < 4.78 is 5.43. The van der Waals surface area contributed by atoms with Crippen molar-refractivity contribution in [3.05, 3.63) is 0 Å². The van der Waals surface area contributed by atoms with Crippen molar-refractivity contribution in [1.29, 1.82) is 0 Å². The number of hydrogen-bond donors (Lipinski definition) is 0. The minimum atomic E-state index is 0. The van der Waals surface area contributed by atoms with Gasteiger partial charge < -0.3 is 4.74 Å². The lowest BCUT2D eigenvalue weighted by Gasteiger charge is -2.20. The van der Waals surface area contributed by atoms with E-state index in [0.29, 0.717) is 6.10 Å². The van der Waals surface area contributed by atoms with Gasteiger partial charge in [0.1, 0.15) is 0 Å². The van der Waals surface area contributed by atoms with E-state index in [1.165, 1.54) is 25.7 Å².